The van der Waals surface area contributed by atoms with Crippen LogP contribution in [-0.4, -0.2) is 47.2 Å². The van der Waals surface area contributed by atoms with Gasteiger partial charge in [0.15, 0.2) is 17.6 Å². The standard InChI is InChI=1S/C22H32F3N9O2/c23-15-12-17(25)18(13-16(15)24)31-21(35)32-19-6-11-34(22(36)33-19)10-2-5-14(29-9-3-7-26)4-1-8-30-20(27)28/h6,11-14,29H,1-5,7-10,26H2,(H4,27,28,30)(H2,31,32,33,35,36). The first-order valence-corrected chi connectivity index (χ1v) is 11.5. The minimum absolute atomic E-state index is 0.0569. The second-order valence-corrected chi connectivity index (χ2v) is 8.00. The summed E-state index contributed by atoms with van der Waals surface area (Å²) < 4.78 is 41.4. The van der Waals surface area contributed by atoms with E-state index in [0.29, 0.717) is 38.2 Å². The largest absolute Gasteiger partial charge is 0.370 e. The molecule has 1 atom stereocenters. The van der Waals surface area contributed by atoms with E-state index in [1.165, 1.54) is 16.8 Å². The Morgan fingerprint density at radius 1 is 1.06 bits per heavy atom. The second-order valence-electron chi connectivity index (χ2n) is 8.00. The van der Waals surface area contributed by atoms with E-state index >= 15 is 0 Å². The van der Waals surface area contributed by atoms with Crippen molar-refractivity contribution in [3.63, 3.8) is 0 Å². The molecule has 9 N–H and O–H groups in total. The highest BCUT2D eigenvalue weighted by molar-refractivity contribution is 5.99. The number of aromatic nitrogens is 2. The number of amides is 2. The number of nitrogens with zero attached hydrogens (tertiary/aromatic N) is 3. The average Bonchev–Trinajstić information content (AvgIpc) is 2.81. The van der Waals surface area contributed by atoms with Gasteiger partial charge in [-0.2, -0.15) is 4.98 Å². The van der Waals surface area contributed by atoms with E-state index in [1.807, 2.05) is 5.32 Å². The number of aliphatic imine (C=N–C) groups is 1. The van der Waals surface area contributed by atoms with Crippen molar-refractivity contribution in [2.24, 2.45) is 22.2 Å². The number of aryl methyl sites for hydroxylation is 1. The maximum absolute atomic E-state index is 13.7. The number of nitrogens with two attached hydrogens (primary N) is 3. The van der Waals surface area contributed by atoms with Crippen molar-refractivity contribution in [2.45, 2.75) is 44.7 Å². The summed E-state index contributed by atoms with van der Waals surface area (Å²) in [5, 5.41) is 7.74. The molecule has 2 aromatic rings. The number of nitrogens with one attached hydrogen (secondary N) is 3. The van der Waals surface area contributed by atoms with Crippen LogP contribution in [0.25, 0.3) is 0 Å². The molecular weight excluding hydrogens is 479 g/mol. The molecule has 0 aliphatic rings. The van der Waals surface area contributed by atoms with Gasteiger partial charge >= 0.3 is 11.7 Å². The van der Waals surface area contributed by atoms with Crippen LogP contribution < -0.4 is 38.8 Å². The fourth-order valence-corrected chi connectivity index (χ4v) is 3.37. The lowest BCUT2D eigenvalue weighted by Gasteiger charge is -2.18. The number of halogens is 3. The molecule has 1 heterocycles. The van der Waals surface area contributed by atoms with Crippen LogP contribution in [0.1, 0.15) is 32.1 Å². The van der Waals surface area contributed by atoms with Crippen molar-refractivity contribution in [3.05, 3.63) is 52.3 Å². The summed E-state index contributed by atoms with van der Waals surface area (Å²) in [5.41, 5.74) is 15.1. The predicted octanol–water partition coefficient (Wildman–Crippen LogP) is 1.45. The Kier molecular flexibility index (Phi) is 11.7. The molecule has 11 nitrogen and oxygen atoms in total. The molecule has 0 aliphatic carbocycles. The van der Waals surface area contributed by atoms with Crippen LogP contribution in [-0.2, 0) is 6.54 Å². The van der Waals surface area contributed by atoms with Crippen LogP contribution in [0.5, 0.6) is 0 Å². The summed E-state index contributed by atoms with van der Waals surface area (Å²) >= 11 is 0. The van der Waals surface area contributed by atoms with Crippen LogP contribution in [0, 0.1) is 17.5 Å². The third-order valence-electron chi connectivity index (χ3n) is 5.14. The summed E-state index contributed by atoms with van der Waals surface area (Å²) in [4.78, 5) is 32.1. The lowest BCUT2D eigenvalue weighted by Crippen LogP contribution is -2.32. The average molecular weight is 512 g/mol. The number of benzene rings is 1. The Balaban J connectivity index is 1.88. The molecule has 1 unspecified atom stereocenters. The number of carbonyl (C=O) groups is 1. The van der Waals surface area contributed by atoms with E-state index in [-0.39, 0.29) is 17.8 Å². The van der Waals surface area contributed by atoms with Gasteiger partial charge in [-0.25, -0.2) is 22.8 Å². The fraction of sp³-hybridized carbons (Fsp3) is 0.455. The first-order chi connectivity index (χ1) is 17.2. The minimum Gasteiger partial charge on any atom is -0.370 e. The number of hydrogen-bond donors (Lipinski definition) is 6. The zero-order chi connectivity index (χ0) is 26.5. The minimum atomic E-state index is -1.38. The number of carbonyl (C=O) groups excluding carboxylic acids is 1. The van der Waals surface area contributed by atoms with Crippen molar-refractivity contribution in [3.8, 4) is 0 Å². The van der Waals surface area contributed by atoms with Gasteiger partial charge in [0.2, 0.25) is 0 Å². The van der Waals surface area contributed by atoms with Crippen LogP contribution in [0.4, 0.5) is 29.5 Å². The Hall–Kier alpha value is -3.65. The van der Waals surface area contributed by atoms with E-state index in [2.05, 4.69) is 20.6 Å². The van der Waals surface area contributed by atoms with Gasteiger partial charge in [0.1, 0.15) is 11.6 Å². The Bertz CT molecular complexity index is 1090. The van der Waals surface area contributed by atoms with Crippen LogP contribution >= 0.6 is 0 Å². The van der Waals surface area contributed by atoms with Crippen LogP contribution in [0.3, 0.4) is 0 Å². The van der Waals surface area contributed by atoms with E-state index in [0.717, 1.165) is 32.2 Å². The molecule has 0 bridgehead atoms. The molecule has 1 aromatic heterocycles. The summed E-state index contributed by atoms with van der Waals surface area (Å²) in [7, 11) is 0. The number of hydrogen-bond acceptors (Lipinski definition) is 6. The number of rotatable bonds is 14. The van der Waals surface area contributed by atoms with E-state index < -0.39 is 34.9 Å². The zero-order valence-electron chi connectivity index (χ0n) is 19.8. The highest BCUT2D eigenvalue weighted by atomic mass is 19.2. The van der Waals surface area contributed by atoms with Crippen molar-refractivity contribution >= 4 is 23.5 Å². The monoisotopic (exact) mass is 511 g/mol. The molecule has 14 heteroatoms. The molecule has 0 aliphatic heterocycles. The fourth-order valence-electron chi connectivity index (χ4n) is 3.37. The lowest BCUT2D eigenvalue weighted by atomic mass is 10.1. The molecule has 198 valence electrons. The van der Waals surface area contributed by atoms with E-state index in [4.69, 9.17) is 17.2 Å². The Morgan fingerprint density at radius 2 is 1.78 bits per heavy atom. The normalized spacial score (nSPS) is 11.7. The van der Waals surface area contributed by atoms with Gasteiger partial charge in [-0.3, -0.25) is 14.9 Å². The molecule has 0 radical (unpaired) electrons. The SMILES string of the molecule is NCCCNC(CCCN=C(N)N)CCCn1ccc(NC(=O)Nc2cc(F)c(F)cc2F)nc1=O. The van der Waals surface area contributed by atoms with Gasteiger partial charge in [-0.15, -0.1) is 0 Å². The molecule has 0 fully saturated rings. The molecule has 0 saturated carbocycles. The lowest BCUT2D eigenvalue weighted by molar-refractivity contribution is 0.262. The van der Waals surface area contributed by atoms with Gasteiger partial charge in [0.25, 0.3) is 0 Å². The highest BCUT2D eigenvalue weighted by Crippen LogP contribution is 2.18. The van der Waals surface area contributed by atoms with E-state index in [9.17, 15) is 22.8 Å². The topological polar surface area (TPSA) is 178 Å². The number of urea groups is 1. The third kappa shape index (κ3) is 9.92. The van der Waals surface area contributed by atoms with Gasteiger partial charge in [0, 0.05) is 37.5 Å². The zero-order valence-corrected chi connectivity index (χ0v) is 19.8. The quantitative estimate of drug-likeness (QED) is 0.0961. The highest BCUT2D eigenvalue weighted by Gasteiger charge is 2.13. The molecule has 2 rings (SSSR count). The van der Waals surface area contributed by atoms with Gasteiger partial charge < -0.3 is 27.8 Å². The number of guanidine groups is 1. The van der Waals surface area contributed by atoms with Gasteiger partial charge in [-0.05, 0) is 51.3 Å². The van der Waals surface area contributed by atoms with E-state index in [1.54, 1.807) is 0 Å². The maximum atomic E-state index is 13.7. The second kappa shape index (κ2) is 14.7. The predicted molar refractivity (Wildman–Crippen MR) is 132 cm³/mol. The molecule has 0 spiro atoms. The Morgan fingerprint density at radius 3 is 2.47 bits per heavy atom. The summed E-state index contributed by atoms with van der Waals surface area (Å²) in [6.45, 7) is 2.30. The van der Waals surface area contributed by atoms with Crippen molar-refractivity contribution in [2.75, 3.05) is 30.3 Å². The third-order valence-corrected chi connectivity index (χ3v) is 5.14. The van der Waals surface area contributed by atoms with Crippen molar-refractivity contribution in [1.29, 1.82) is 0 Å². The molecule has 2 amide bonds. The van der Waals surface area contributed by atoms with Crippen molar-refractivity contribution < 1.29 is 18.0 Å². The first kappa shape index (κ1) is 28.6. The number of anilines is 2. The van der Waals surface area contributed by atoms with Crippen LogP contribution in [0.2, 0.25) is 0 Å². The van der Waals surface area contributed by atoms with Gasteiger partial charge in [-0.1, -0.05) is 0 Å². The molecule has 36 heavy (non-hydrogen) atoms. The smallest absolute Gasteiger partial charge is 0.349 e. The maximum Gasteiger partial charge on any atom is 0.349 e. The summed E-state index contributed by atoms with van der Waals surface area (Å²) in [6.07, 6.45) is 5.45. The summed E-state index contributed by atoms with van der Waals surface area (Å²) in [6, 6.07) is 1.45. The van der Waals surface area contributed by atoms with Gasteiger partial charge in [0.05, 0.1) is 5.69 Å². The van der Waals surface area contributed by atoms with Crippen molar-refractivity contribution in [1.82, 2.24) is 14.9 Å². The van der Waals surface area contributed by atoms with Crippen LogP contribution in [0.15, 0.2) is 34.2 Å². The molecule has 0 saturated heterocycles. The molecular formula is C22H32F3N9O2. The summed E-state index contributed by atoms with van der Waals surface area (Å²) in [5.74, 6) is -3.89. The first-order valence-electron chi connectivity index (χ1n) is 11.5. The Labute approximate surface area is 206 Å². The molecule has 1 aromatic carbocycles.